The van der Waals surface area contributed by atoms with E-state index in [1.165, 1.54) is 6.08 Å². The number of amides is 1. The quantitative estimate of drug-likeness (QED) is 0.784. The fourth-order valence-corrected chi connectivity index (χ4v) is 1.58. The van der Waals surface area contributed by atoms with Gasteiger partial charge in [0.1, 0.15) is 5.75 Å². The summed E-state index contributed by atoms with van der Waals surface area (Å²) in [5.74, 6) is -0.996. The Morgan fingerprint density at radius 1 is 1.44 bits per heavy atom. The molecule has 0 aromatic heterocycles. The number of halogens is 1. The number of carbonyl (C=O) groups is 2. The van der Waals surface area contributed by atoms with Crippen LogP contribution >= 0.6 is 15.9 Å². The average Bonchev–Trinajstić information content (AvgIpc) is 2.28. The van der Waals surface area contributed by atoms with Gasteiger partial charge in [-0.15, -0.1) is 0 Å². The molecule has 5 nitrogen and oxygen atoms in total. The lowest BCUT2D eigenvalue weighted by atomic mass is 10.2. The van der Waals surface area contributed by atoms with E-state index < -0.39 is 11.9 Å². The van der Waals surface area contributed by atoms with Crippen molar-refractivity contribution in [3.8, 4) is 5.75 Å². The molecular weight excluding hydrogens is 302 g/mol. The Kier molecular flexibility index (Phi) is 5.38. The zero-order valence-electron chi connectivity index (χ0n) is 9.43. The Hall–Kier alpha value is -1.82. The Morgan fingerprint density at radius 3 is 2.78 bits per heavy atom. The Bertz CT molecular complexity index is 485. The molecule has 0 aliphatic carbocycles. The van der Waals surface area contributed by atoms with E-state index in [2.05, 4.69) is 15.9 Å². The molecule has 0 atom stereocenters. The monoisotopic (exact) mass is 313 g/mol. The van der Waals surface area contributed by atoms with Crippen molar-refractivity contribution in [2.75, 3.05) is 6.61 Å². The van der Waals surface area contributed by atoms with Crippen LogP contribution in [0.15, 0.2) is 28.7 Å². The highest BCUT2D eigenvalue weighted by atomic mass is 79.9. The minimum absolute atomic E-state index is 0.109. The zero-order chi connectivity index (χ0) is 13.5. The number of carbonyl (C=O) groups excluding carboxylic acids is 1. The molecule has 0 spiro atoms. The molecule has 0 saturated heterocycles. The van der Waals surface area contributed by atoms with Crippen molar-refractivity contribution < 1.29 is 19.4 Å². The zero-order valence-corrected chi connectivity index (χ0v) is 11.0. The van der Waals surface area contributed by atoms with Gasteiger partial charge in [0.25, 0.3) is 0 Å². The molecule has 0 aliphatic rings. The van der Waals surface area contributed by atoms with Crippen molar-refractivity contribution >= 4 is 33.9 Å². The highest BCUT2D eigenvalue weighted by molar-refractivity contribution is 9.10. The molecule has 1 rings (SSSR count). The SMILES string of the molecule is NC(=O)CCOc1ccc(Br)cc1/C=C/C(=O)O. The topological polar surface area (TPSA) is 89.6 Å². The Labute approximate surface area is 112 Å². The Morgan fingerprint density at radius 2 is 2.17 bits per heavy atom. The van der Waals surface area contributed by atoms with Crippen molar-refractivity contribution in [1.29, 1.82) is 0 Å². The molecule has 1 amide bonds. The molecule has 0 aliphatic heterocycles. The predicted octanol–water partition coefficient (Wildman–Crippen LogP) is 1.80. The van der Waals surface area contributed by atoms with Crippen molar-refractivity contribution in [2.45, 2.75) is 6.42 Å². The van der Waals surface area contributed by atoms with Crippen molar-refractivity contribution in [1.82, 2.24) is 0 Å². The number of hydrogen-bond acceptors (Lipinski definition) is 3. The first-order valence-corrected chi connectivity index (χ1v) is 5.90. The summed E-state index contributed by atoms with van der Waals surface area (Å²) >= 11 is 3.28. The first kappa shape index (κ1) is 14.2. The molecule has 0 bridgehead atoms. The number of carboxylic acid groups (broad SMARTS) is 1. The summed E-state index contributed by atoms with van der Waals surface area (Å²) < 4.78 is 6.17. The van der Waals surface area contributed by atoms with Gasteiger partial charge in [-0.3, -0.25) is 4.79 Å². The highest BCUT2D eigenvalue weighted by Crippen LogP contribution is 2.24. The molecule has 0 unspecified atom stereocenters. The highest BCUT2D eigenvalue weighted by Gasteiger charge is 2.03. The second kappa shape index (κ2) is 6.80. The van der Waals surface area contributed by atoms with E-state index in [0.29, 0.717) is 11.3 Å². The molecule has 0 fully saturated rings. The third-order valence-corrected chi connectivity index (χ3v) is 2.48. The van der Waals surface area contributed by atoms with Crippen LogP contribution < -0.4 is 10.5 Å². The summed E-state index contributed by atoms with van der Waals surface area (Å²) in [5, 5.41) is 8.58. The van der Waals surface area contributed by atoms with Crippen LogP contribution in [0.2, 0.25) is 0 Å². The van der Waals surface area contributed by atoms with Crippen molar-refractivity contribution in [2.24, 2.45) is 5.73 Å². The summed E-state index contributed by atoms with van der Waals surface area (Å²) in [7, 11) is 0. The maximum atomic E-state index is 10.6. The van der Waals surface area contributed by atoms with Crippen LogP contribution in [-0.4, -0.2) is 23.6 Å². The number of hydrogen-bond donors (Lipinski definition) is 2. The fourth-order valence-electron chi connectivity index (χ4n) is 1.20. The number of carboxylic acids is 1. The van der Waals surface area contributed by atoms with Gasteiger partial charge in [0.15, 0.2) is 0 Å². The van der Waals surface area contributed by atoms with Crippen molar-refractivity contribution in [3.05, 3.63) is 34.3 Å². The number of benzene rings is 1. The summed E-state index contributed by atoms with van der Waals surface area (Å²) in [6.45, 7) is 0.158. The molecule has 0 radical (unpaired) electrons. The van der Waals surface area contributed by atoms with Crippen LogP contribution in [0, 0.1) is 0 Å². The molecule has 0 heterocycles. The van der Waals surface area contributed by atoms with Crippen LogP contribution in [0.4, 0.5) is 0 Å². The van der Waals surface area contributed by atoms with Crippen LogP contribution in [0.25, 0.3) is 6.08 Å². The molecule has 3 N–H and O–H groups in total. The minimum atomic E-state index is -1.04. The lowest BCUT2D eigenvalue weighted by Gasteiger charge is -2.08. The molecule has 96 valence electrons. The van der Waals surface area contributed by atoms with Crippen LogP contribution in [0.1, 0.15) is 12.0 Å². The Balaban J connectivity index is 2.82. The normalized spacial score (nSPS) is 10.5. The van der Waals surface area contributed by atoms with E-state index in [4.69, 9.17) is 15.6 Å². The van der Waals surface area contributed by atoms with Gasteiger partial charge in [0.2, 0.25) is 5.91 Å². The number of ether oxygens (including phenoxy) is 1. The summed E-state index contributed by atoms with van der Waals surface area (Å²) in [5.41, 5.74) is 5.61. The number of primary amides is 1. The van der Waals surface area contributed by atoms with Gasteiger partial charge >= 0.3 is 5.97 Å². The van der Waals surface area contributed by atoms with E-state index in [9.17, 15) is 9.59 Å². The largest absolute Gasteiger partial charge is 0.492 e. The van der Waals surface area contributed by atoms with E-state index in [0.717, 1.165) is 10.5 Å². The maximum Gasteiger partial charge on any atom is 0.328 e. The lowest BCUT2D eigenvalue weighted by Crippen LogP contribution is -2.14. The average molecular weight is 314 g/mol. The lowest BCUT2D eigenvalue weighted by molar-refractivity contribution is -0.131. The first-order valence-electron chi connectivity index (χ1n) is 5.10. The molecular formula is C12H12BrNO4. The predicted molar refractivity (Wildman–Crippen MR) is 70.1 cm³/mol. The van der Waals surface area contributed by atoms with Crippen LogP contribution in [0.3, 0.4) is 0 Å². The third-order valence-electron chi connectivity index (χ3n) is 1.98. The van der Waals surface area contributed by atoms with E-state index in [-0.39, 0.29) is 13.0 Å². The first-order chi connectivity index (χ1) is 8.49. The molecule has 1 aromatic rings. The van der Waals surface area contributed by atoms with Gasteiger partial charge in [-0.1, -0.05) is 15.9 Å². The molecule has 18 heavy (non-hydrogen) atoms. The summed E-state index contributed by atoms with van der Waals surface area (Å²) in [4.78, 5) is 21.1. The van der Waals surface area contributed by atoms with E-state index >= 15 is 0 Å². The summed E-state index contributed by atoms with van der Waals surface area (Å²) in [6, 6.07) is 5.17. The van der Waals surface area contributed by atoms with E-state index in [1.54, 1.807) is 18.2 Å². The van der Waals surface area contributed by atoms with Crippen LogP contribution in [0.5, 0.6) is 5.75 Å². The van der Waals surface area contributed by atoms with Gasteiger partial charge < -0.3 is 15.6 Å². The van der Waals surface area contributed by atoms with Gasteiger partial charge in [0, 0.05) is 16.1 Å². The molecule has 1 aromatic carbocycles. The summed E-state index contributed by atoms with van der Waals surface area (Å²) in [6.07, 6.45) is 2.55. The number of rotatable bonds is 6. The third kappa shape index (κ3) is 5.01. The molecule has 0 saturated carbocycles. The maximum absolute atomic E-state index is 10.6. The van der Waals surface area contributed by atoms with Crippen LogP contribution in [-0.2, 0) is 9.59 Å². The second-order valence-electron chi connectivity index (χ2n) is 3.42. The number of aliphatic carboxylic acids is 1. The fraction of sp³-hybridized carbons (Fsp3) is 0.167. The standard InChI is InChI=1S/C12H12BrNO4/c13-9-2-3-10(18-6-5-11(14)15)8(7-9)1-4-12(16)17/h1-4,7H,5-6H2,(H2,14,15)(H,16,17)/b4-1+. The van der Waals surface area contributed by atoms with Gasteiger partial charge in [-0.2, -0.15) is 0 Å². The number of nitrogens with two attached hydrogens (primary N) is 1. The molecule has 6 heteroatoms. The van der Waals surface area contributed by atoms with Gasteiger partial charge in [-0.25, -0.2) is 4.79 Å². The van der Waals surface area contributed by atoms with E-state index in [1.807, 2.05) is 0 Å². The second-order valence-corrected chi connectivity index (χ2v) is 4.33. The van der Waals surface area contributed by atoms with Gasteiger partial charge in [-0.05, 0) is 24.3 Å². The smallest absolute Gasteiger partial charge is 0.328 e. The minimum Gasteiger partial charge on any atom is -0.492 e. The van der Waals surface area contributed by atoms with Crippen molar-refractivity contribution in [3.63, 3.8) is 0 Å². The van der Waals surface area contributed by atoms with Gasteiger partial charge in [0.05, 0.1) is 13.0 Å².